The molecule has 0 saturated carbocycles. The fraction of sp³-hybridized carbons (Fsp3) is 0.538. The second kappa shape index (κ2) is 6.26. The van der Waals surface area contributed by atoms with Crippen LogP contribution < -0.4 is 11.1 Å². The van der Waals surface area contributed by atoms with Crippen LogP contribution in [0.2, 0.25) is 0 Å². The van der Waals surface area contributed by atoms with Crippen LogP contribution >= 0.6 is 11.8 Å². The lowest BCUT2D eigenvalue weighted by Crippen LogP contribution is -2.20. The smallest absolute Gasteiger partial charge is 0.126 e. The zero-order chi connectivity index (χ0) is 12.1. The van der Waals surface area contributed by atoms with Gasteiger partial charge in [0.1, 0.15) is 5.82 Å². The van der Waals surface area contributed by atoms with Gasteiger partial charge in [-0.1, -0.05) is 0 Å². The fourth-order valence-corrected chi connectivity index (χ4v) is 3.15. The number of hydrogen-bond acceptors (Lipinski definition) is 3. The molecule has 0 radical (unpaired) electrons. The lowest BCUT2D eigenvalue weighted by atomic mass is 10.1. The first kappa shape index (κ1) is 12.7. The van der Waals surface area contributed by atoms with Crippen molar-refractivity contribution in [2.45, 2.75) is 36.6 Å². The molecule has 94 valence electrons. The molecule has 0 bridgehead atoms. The zero-order valence-corrected chi connectivity index (χ0v) is 10.7. The van der Waals surface area contributed by atoms with E-state index in [0.717, 1.165) is 17.2 Å². The molecule has 1 aromatic carbocycles. The third-order valence-electron chi connectivity index (χ3n) is 3.02. The highest BCUT2D eigenvalue weighted by atomic mass is 32.2. The van der Waals surface area contributed by atoms with Gasteiger partial charge in [-0.3, -0.25) is 0 Å². The van der Waals surface area contributed by atoms with Gasteiger partial charge in [0.25, 0.3) is 0 Å². The van der Waals surface area contributed by atoms with Crippen LogP contribution in [0.3, 0.4) is 0 Å². The number of benzene rings is 1. The zero-order valence-electron chi connectivity index (χ0n) is 9.92. The molecule has 1 aliphatic heterocycles. The number of anilines is 1. The Bertz CT molecular complexity index is 344. The maximum Gasteiger partial charge on any atom is 0.126 e. The summed E-state index contributed by atoms with van der Waals surface area (Å²) in [5.41, 5.74) is 6.10. The second-order valence-electron chi connectivity index (χ2n) is 4.50. The molecule has 1 unspecified atom stereocenters. The Kier molecular flexibility index (Phi) is 4.68. The molecule has 1 fully saturated rings. The SMILES string of the molecule is Nc1cc(F)cc(SCCCC2CCCN2)c1. The summed E-state index contributed by atoms with van der Waals surface area (Å²) in [6.45, 7) is 1.16. The molecule has 2 rings (SSSR count). The van der Waals surface area contributed by atoms with Crippen molar-refractivity contribution >= 4 is 17.4 Å². The highest BCUT2D eigenvalue weighted by Gasteiger charge is 2.12. The van der Waals surface area contributed by atoms with E-state index in [4.69, 9.17) is 5.73 Å². The van der Waals surface area contributed by atoms with E-state index in [-0.39, 0.29) is 5.82 Å². The summed E-state index contributed by atoms with van der Waals surface area (Å²) in [5.74, 6) is 0.783. The number of rotatable bonds is 5. The number of nitrogen functional groups attached to an aromatic ring is 1. The summed E-state index contributed by atoms with van der Waals surface area (Å²) in [7, 11) is 0. The number of halogens is 1. The molecular weight excluding hydrogens is 235 g/mol. The standard InChI is InChI=1S/C13H19FN2S/c14-10-7-11(15)9-13(8-10)17-6-2-4-12-3-1-5-16-12/h7-9,12,16H,1-6,15H2. The largest absolute Gasteiger partial charge is 0.399 e. The Balaban J connectivity index is 1.70. The minimum Gasteiger partial charge on any atom is -0.399 e. The van der Waals surface area contributed by atoms with Crippen LogP contribution in [0.1, 0.15) is 25.7 Å². The summed E-state index contributed by atoms with van der Waals surface area (Å²) in [5, 5.41) is 3.48. The van der Waals surface area contributed by atoms with Crippen LogP contribution in [0.25, 0.3) is 0 Å². The van der Waals surface area contributed by atoms with Crippen LogP contribution in [-0.4, -0.2) is 18.3 Å². The summed E-state index contributed by atoms with van der Waals surface area (Å²) in [6, 6.07) is 5.44. The van der Waals surface area contributed by atoms with Crippen molar-refractivity contribution in [3.63, 3.8) is 0 Å². The van der Waals surface area contributed by atoms with E-state index in [1.807, 2.05) is 6.07 Å². The third kappa shape index (κ3) is 4.21. The van der Waals surface area contributed by atoms with Gasteiger partial charge in [0.05, 0.1) is 0 Å². The van der Waals surface area contributed by atoms with Crippen LogP contribution in [0.5, 0.6) is 0 Å². The van der Waals surface area contributed by atoms with Crippen LogP contribution in [0.15, 0.2) is 23.1 Å². The van der Waals surface area contributed by atoms with Gasteiger partial charge in [-0.25, -0.2) is 4.39 Å². The van der Waals surface area contributed by atoms with E-state index < -0.39 is 0 Å². The number of thioether (sulfide) groups is 1. The lowest BCUT2D eigenvalue weighted by Gasteiger charge is -2.09. The predicted molar refractivity (Wildman–Crippen MR) is 71.8 cm³/mol. The molecule has 1 saturated heterocycles. The van der Waals surface area contributed by atoms with Gasteiger partial charge in [0.15, 0.2) is 0 Å². The lowest BCUT2D eigenvalue weighted by molar-refractivity contribution is 0.553. The van der Waals surface area contributed by atoms with Crippen molar-refractivity contribution in [3.8, 4) is 0 Å². The van der Waals surface area contributed by atoms with Crippen molar-refractivity contribution < 1.29 is 4.39 Å². The van der Waals surface area contributed by atoms with E-state index in [1.165, 1.54) is 31.7 Å². The van der Waals surface area contributed by atoms with Crippen molar-refractivity contribution in [3.05, 3.63) is 24.0 Å². The van der Waals surface area contributed by atoms with Gasteiger partial charge in [-0.05, 0) is 56.2 Å². The van der Waals surface area contributed by atoms with Gasteiger partial charge < -0.3 is 11.1 Å². The van der Waals surface area contributed by atoms with Crippen LogP contribution in [-0.2, 0) is 0 Å². The molecular formula is C13H19FN2S. The summed E-state index contributed by atoms with van der Waals surface area (Å²) >= 11 is 1.68. The molecule has 1 heterocycles. The van der Waals surface area contributed by atoms with Crippen molar-refractivity contribution in [1.82, 2.24) is 5.32 Å². The minimum absolute atomic E-state index is 0.245. The Hall–Kier alpha value is -0.740. The van der Waals surface area contributed by atoms with E-state index in [2.05, 4.69) is 5.32 Å². The molecule has 17 heavy (non-hydrogen) atoms. The monoisotopic (exact) mass is 254 g/mol. The molecule has 4 heteroatoms. The maximum atomic E-state index is 13.1. The highest BCUT2D eigenvalue weighted by Crippen LogP contribution is 2.23. The fourth-order valence-electron chi connectivity index (χ4n) is 2.19. The number of nitrogens with two attached hydrogens (primary N) is 1. The molecule has 0 spiro atoms. The summed E-state index contributed by atoms with van der Waals surface area (Å²) in [4.78, 5) is 0.932. The molecule has 3 N–H and O–H groups in total. The van der Waals surface area contributed by atoms with Gasteiger partial charge in [-0.15, -0.1) is 11.8 Å². The molecule has 1 atom stereocenters. The molecule has 1 aliphatic rings. The molecule has 0 amide bonds. The van der Waals surface area contributed by atoms with Crippen LogP contribution in [0.4, 0.5) is 10.1 Å². The first-order valence-electron chi connectivity index (χ1n) is 6.16. The van der Waals surface area contributed by atoms with E-state index >= 15 is 0 Å². The highest BCUT2D eigenvalue weighted by molar-refractivity contribution is 7.99. The Labute approximate surface area is 106 Å². The van der Waals surface area contributed by atoms with Crippen molar-refractivity contribution in [2.24, 2.45) is 0 Å². The molecule has 1 aromatic rings. The van der Waals surface area contributed by atoms with E-state index in [0.29, 0.717) is 11.7 Å². The first-order chi connectivity index (χ1) is 8.24. The first-order valence-corrected chi connectivity index (χ1v) is 7.15. The Morgan fingerprint density at radius 2 is 2.29 bits per heavy atom. The van der Waals surface area contributed by atoms with Crippen molar-refractivity contribution in [1.29, 1.82) is 0 Å². The molecule has 0 aliphatic carbocycles. The maximum absolute atomic E-state index is 13.1. The summed E-state index contributed by atoms with van der Waals surface area (Å²) in [6.07, 6.45) is 4.99. The average molecular weight is 254 g/mol. The van der Waals surface area contributed by atoms with Gasteiger partial charge in [0.2, 0.25) is 0 Å². The number of nitrogens with one attached hydrogen (secondary N) is 1. The van der Waals surface area contributed by atoms with Gasteiger partial charge in [-0.2, -0.15) is 0 Å². The van der Waals surface area contributed by atoms with E-state index in [9.17, 15) is 4.39 Å². The Morgan fingerprint density at radius 1 is 1.41 bits per heavy atom. The Morgan fingerprint density at radius 3 is 3.00 bits per heavy atom. The quantitative estimate of drug-likeness (QED) is 0.482. The summed E-state index contributed by atoms with van der Waals surface area (Å²) < 4.78 is 13.1. The molecule has 2 nitrogen and oxygen atoms in total. The van der Waals surface area contributed by atoms with Crippen LogP contribution in [0, 0.1) is 5.82 Å². The molecule has 0 aromatic heterocycles. The normalized spacial score (nSPS) is 19.7. The number of hydrogen-bond donors (Lipinski definition) is 2. The average Bonchev–Trinajstić information content (AvgIpc) is 2.76. The van der Waals surface area contributed by atoms with E-state index in [1.54, 1.807) is 17.8 Å². The van der Waals surface area contributed by atoms with Gasteiger partial charge >= 0.3 is 0 Å². The van der Waals surface area contributed by atoms with Gasteiger partial charge in [0, 0.05) is 16.6 Å². The second-order valence-corrected chi connectivity index (χ2v) is 5.67. The third-order valence-corrected chi connectivity index (χ3v) is 4.08. The van der Waals surface area contributed by atoms with Crippen molar-refractivity contribution in [2.75, 3.05) is 18.0 Å². The minimum atomic E-state index is -0.245. The topological polar surface area (TPSA) is 38.0 Å². The predicted octanol–water partition coefficient (Wildman–Crippen LogP) is 3.03.